The summed E-state index contributed by atoms with van der Waals surface area (Å²) in [4.78, 5) is 8.30. The predicted octanol–water partition coefficient (Wildman–Crippen LogP) is 4.95. The molecule has 0 saturated heterocycles. The molecule has 112 valence electrons. The van der Waals surface area contributed by atoms with Crippen LogP contribution in [0.5, 0.6) is 0 Å². The Labute approximate surface area is 142 Å². The van der Waals surface area contributed by atoms with Crippen LogP contribution in [0.15, 0.2) is 52.2 Å². The topological polar surface area (TPSA) is 46.0 Å². The maximum Gasteiger partial charge on any atom is 0.106 e. The summed E-state index contributed by atoms with van der Waals surface area (Å²) in [5.41, 5.74) is 1.74. The first kappa shape index (κ1) is 18.0. The van der Waals surface area contributed by atoms with Crippen LogP contribution in [-0.2, 0) is 5.60 Å². The van der Waals surface area contributed by atoms with Gasteiger partial charge in [-0.15, -0.1) is 0 Å². The molecule has 0 fully saturated rings. The van der Waals surface area contributed by atoms with Gasteiger partial charge >= 0.3 is 0 Å². The van der Waals surface area contributed by atoms with Gasteiger partial charge in [0.15, 0.2) is 0 Å². The molecule has 3 nitrogen and oxygen atoms in total. The van der Waals surface area contributed by atoms with Crippen molar-refractivity contribution in [1.29, 1.82) is 0 Å². The zero-order valence-electron chi connectivity index (χ0n) is 12.3. The lowest BCUT2D eigenvalue weighted by Crippen LogP contribution is -2.17. The number of aromatic nitrogens is 2. The Kier molecular flexibility index (Phi) is 6.71. The van der Waals surface area contributed by atoms with Gasteiger partial charge in [-0.05, 0) is 82.5 Å². The van der Waals surface area contributed by atoms with Crippen molar-refractivity contribution in [3.63, 3.8) is 0 Å². The Balaban J connectivity index is 0.000000211. The van der Waals surface area contributed by atoms with E-state index in [1.807, 2.05) is 37.3 Å². The van der Waals surface area contributed by atoms with E-state index < -0.39 is 5.60 Å². The summed E-state index contributed by atoms with van der Waals surface area (Å²) in [5, 5.41) is 9.53. The minimum atomic E-state index is -0.857. The minimum Gasteiger partial charge on any atom is -0.384 e. The second kappa shape index (κ2) is 7.82. The largest absolute Gasteiger partial charge is 0.384 e. The molecule has 0 radical (unpaired) electrons. The molecule has 0 spiro atoms. The van der Waals surface area contributed by atoms with E-state index >= 15 is 0 Å². The molecule has 0 saturated carbocycles. The molecule has 21 heavy (non-hydrogen) atoms. The number of rotatable bonds is 2. The molecule has 0 aliphatic rings. The Bertz CT molecular complexity index is 622. The van der Waals surface area contributed by atoms with Crippen molar-refractivity contribution in [3.05, 3.63) is 63.6 Å². The second-order valence-corrected chi connectivity index (χ2v) is 6.66. The van der Waals surface area contributed by atoms with Crippen LogP contribution in [0, 0.1) is 0 Å². The molecule has 2 rings (SSSR count). The van der Waals surface area contributed by atoms with Gasteiger partial charge in [-0.1, -0.05) is 18.7 Å². The number of halogens is 2. The fourth-order valence-electron chi connectivity index (χ4n) is 1.39. The van der Waals surface area contributed by atoms with Gasteiger partial charge in [0, 0.05) is 0 Å². The Morgan fingerprint density at radius 2 is 1.57 bits per heavy atom. The van der Waals surface area contributed by atoms with Gasteiger partial charge < -0.3 is 5.11 Å². The molecule has 2 heterocycles. The maximum atomic E-state index is 9.53. The Morgan fingerprint density at radius 1 is 1.05 bits per heavy atom. The maximum absolute atomic E-state index is 9.53. The first-order chi connectivity index (χ1) is 9.70. The van der Waals surface area contributed by atoms with E-state index in [0.29, 0.717) is 5.69 Å². The highest BCUT2D eigenvalue weighted by molar-refractivity contribution is 9.10. The van der Waals surface area contributed by atoms with E-state index in [4.69, 9.17) is 0 Å². The van der Waals surface area contributed by atoms with Gasteiger partial charge in [0.1, 0.15) is 14.8 Å². The monoisotopic (exact) mass is 412 g/mol. The molecule has 2 aromatic heterocycles. The van der Waals surface area contributed by atoms with Crippen LogP contribution in [0.4, 0.5) is 0 Å². The summed E-state index contributed by atoms with van der Waals surface area (Å²) >= 11 is 6.51. The molecule has 0 aliphatic heterocycles. The summed E-state index contributed by atoms with van der Waals surface area (Å²) in [6.07, 6.45) is 0. The Morgan fingerprint density at radius 3 is 1.90 bits per heavy atom. The molecule has 5 heteroatoms. The van der Waals surface area contributed by atoms with E-state index in [1.54, 1.807) is 19.9 Å². The van der Waals surface area contributed by atoms with Crippen molar-refractivity contribution in [2.24, 2.45) is 0 Å². The van der Waals surface area contributed by atoms with Gasteiger partial charge in [-0.25, -0.2) is 9.97 Å². The third-order valence-electron chi connectivity index (χ3n) is 2.49. The number of aliphatic hydroxyl groups is 1. The molecular formula is C16H18Br2N2O. The zero-order chi connectivity index (χ0) is 16.0. The summed E-state index contributed by atoms with van der Waals surface area (Å²) in [6, 6.07) is 11.3. The van der Waals surface area contributed by atoms with Crippen molar-refractivity contribution in [3.8, 4) is 0 Å². The van der Waals surface area contributed by atoms with Gasteiger partial charge in [0.25, 0.3) is 0 Å². The van der Waals surface area contributed by atoms with E-state index in [-0.39, 0.29) is 0 Å². The van der Waals surface area contributed by atoms with Gasteiger partial charge in [-0.2, -0.15) is 0 Å². The number of hydrogen-bond donors (Lipinski definition) is 1. The number of nitrogens with zero attached hydrogens (tertiary/aromatic N) is 2. The van der Waals surface area contributed by atoms with Crippen molar-refractivity contribution in [2.75, 3.05) is 0 Å². The van der Waals surface area contributed by atoms with Crippen molar-refractivity contribution in [1.82, 2.24) is 9.97 Å². The van der Waals surface area contributed by atoms with Crippen molar-refractivity contribution in [2.45, 2.75) is 26.4 Å². The summed E-state index contributed by atoms with van der Waals surface area (Å²) < 4.78 is 1.60. The van der Waals surface area contributed by atoms with Crippen LogP contribution in [0.3, 0.4) is 0 Å². The van der Waals surface area contributed by atoms with E-state index in [9.17, 15) is 5.11 Å². The number of pyridine rings is 2. The van der Waals surface area contributed by atoms with Crippen LogP contribution in [0.25, 0.3) is 5.57 Å². The van der Waals surface area contributed by atoms with Crippen LogP contribution in [0.2, 0.25) is 0 Å². The number of hydrogen-bond acceptors (Lipinski definition) is 3. The van der Waals surface area contributed by atoms with Gasteiger partial charge in [0.05, 0.1) is 11.4 Å². The van der Waals surface area contributed by atoms with E-state index in [1.165, 1.54) is 0 Å². The highest BCUT2D eigenvalue weighted by Crippen LogP contribution is 2.18. The molecule has 0 unspecified atom stereocenters. The summed E-state index contributed by atoms with van der Waals surface area (Å²) in [7, 11) is 0. The smallest absolute Gasteiger partial charge is 0.106 e. The van der Waals surface area contributed by atoms with E-state index in [0.717, 1.165) is 20.5 Å². The number of allylic oxidation sites excluding steroid dienone is 1. The molecule has 1 N–H and O–H groups in total. The van der Waals surface area contributed by atoms with Crippen LogP contribution in [0.1, 0.15) is 32.2 Å². The first-order valence-electron chi connectivity index (χ1n) is 6.34. The van der Waals surface area contributed by atoms with E-state index in [2.05, 4.69) is 48.4 Å². The molecule has 0 atom stereocenters. The quantitative estimate of drug-likeness (QED) is 0.708. The van der Waals surface area contributed by atoms with Gasteiger partial charge in [-0.3, -0.25) is 0 Å². The third kappa shape index (κ3) is 6.50. The molecule has 0 aromatic carbocycles. The third-order valence-corrected chi connectivity index (χ3v) is 3.38. The first-order valence-corrected chi connectivity index (χ1v) is 7.92. The molecule has 0 aliphatic carbocycles. The highest BCUT2D eigenvalue weighted by Gasteiger charge is 2.16. The van der Waals surface area contributed by atoms with Crippen molar-refractivity contribution >= 4 is 37.4 Å². The van der Waals surface area contributed by atoms with Crippen LogP contribution < -0.4 is 0 Å². The van der Waals surface area contributed by atoms with Gasteiger partial charge in [0.2, 0.25) is 0 Å². The lowest BCUT2D eigenvalue weighted by atomic mass is 10.1. The van der Waals surface area contributed by atoms with Crippen LogP contribution >= 0.6 is 31.9 Å². The summed E-state index contributed by atoms with van der Waals surface area (Å²) in [5.74, 6) is 0. The minimum absolute atomic E-state index is 0.673. The zero-order valence-corrected chi connectivity index (χ0v) is 15.4. The fraction of sp³-hybridized carbons (Fsp3) is 0.250. The standard InChI is InChI=1S/C8H10BrNO.C8H8BrN/c1-8(2,11)6-4-3-5-7(9)10-6;1-6(2)7-4-3-5-8(9)10-7/h3-5,11H,1-2H3;3-5H,1H2,2H3. The fourth-order valence-corrected chi connectivity index (χ4v) is 2.08. The molecular weight excluding hydrogens is 396 g/mol. The molecule has 2 aromatic rings. The molecule has 0 bridgehead atoms. The second-order valence-electron chi connectivity index (χ2n) is 5.03. The van der Waals surface area contributed by atoms with Crippen molar-refractivity contribution < 1.29 is 5.11 Å². The van der Waals surface area contributed by atoms with Crippen LogP contribution in [-0.4, -0.2) is 15.1 Å². The lowest BCUT2D eigenvalue weighted by Gasteiger charge is -2.15. The lowest BCUT2D eigenvalue weighted by molar-refractivity contribution is 0.0737. The average molecular weight is 414 g/mol. The predicted molar refractivity (Wildman–Crippen MR) is 93.8 cm³/mol. The molecule has 0 amide bonds. The summed E-state index contributed by atoms with van der Waals surface area (Å²) in [6.45, 7) is 9.14. The Hall–Kier alpha value is -1.04. The average Bonchev–Trinajstić information content (AvgIpc) is 2.38. The normalized spacial score (nSPS) is 10.6. The highest BCUT2D eigenvalue weighted by atomic mass is 79.9. The SMILES string of the molecule is C=C(C)c1cccc(Br)n1.CC(C)(O)c1cccc(Br)n1.